The number of aliphatic hydroxyl groups is 1. The summed E-state index contributed by atoms with van der Waals surface area (Å²) in [6.45, 7) is 4.21. The Bertz CT molecular complexity index is 194. The highest BCUT2D eigenvalue weighted by atomic mass is 16.5. The fourth-order valence-corrected chi connectivity index (χ4v) is 1.81. The second-order valence-corrected chi connectivity index (χ2v) is 4.34. The van der Waals surface area contributed by atoms with Gasteiger partial charge in [-0.25, -0.2) is 4.79 Å². The molecular formula is C13H26O4. The molecule has 0 aromatic carbocycles. The normalized spacial score (nSPS) is 14.5. The largest absolute Gasteiger partial charge is 0.479 e. The molecule has 0 radical (unpaired) electrons. The molecule has 102 valence electrons. The highest BCUT2D eigenvalue weighted by Gasteiger charge is 2.26. The maximum Gasteiger partial charge on any atom is 0.335 e. The molecule has 0 aliphatic carbocycles. The van der Waals surface area contributed by atoms with Gasteiger partial charge in [0.2, 0.25) is 0 Å². The van der Waals surface area contributed by atoms with Crippen LogP contribution in [0.5, 0.6) is 0 Å². The first-order valence-corrected chi connectivity index (χ1v) is 6.65. The summed E-state index contributed by atoms with van der Waals surface area (Å²) in [5.74, 6) is -1.08. The Hall–Kier alpha value is -0.610. The first-order chi connectivity index (χ1) is 8.13. The molecule has 0 saturated carbocycles. The quantitative estimate of drug-likeness (QED) is 0.550. The summed E-state index contributed by atoms with van der Waals surface area (Å²) < 4.78 is 5.01. The number of rotatable bonds is 11. The summed E-state index contributed by atoms with van der Waals surface area (Å²) in [4.78, 5) is 10.8. The summed E-state index contributed by atoms with van der Waals surface area (Å²) in [6.07, 6.45) is 5.30. The molecule has 0 saturated heterocycles. The van der Waals surface area contributed by atoms with Crippen molar-refractivity contribution in [1.82, 2.24) is 0 Å². The van der Waals surface area contributed by atoms with Crippen LogP contribution in [0.1, 0.15) is 58.8 Å². The van der Waals surface area contributed by atoms with Crippen LogP contribution in [0.25, 0.3) is 0 Å². The predicted molar refractivity (Wildman–Crippen MR) is 67.0 cm³/mol. The second-order valence-electron chi connectivity index (χ2n) is 4.34. The van der Waals surface area contributed by atoms with E-state index in [0.29, 0.717) is 13.0 Å². The summed E-state index contributed by atoms with van der Waals surface area (Å²) in [5, 5.41) is 18.6. The molecule has 0 fully saturated rings. The Balaban J connectivity index is 3.67. The molecule has 4 nitrogen and oxygen atoms in total. The summed E-state index contributed by atoms with van der Waals surface area (Å²) in [6, 6.07) is 0. The van der Waals surface area contributed by atoms with Gasteiger partial charge in [-0.3, -0.25) is 0 Å². The number of carboxylic acids is 1. The fraction of sp³-hybridized carbons (Fsp3) is 0.923. The van der Waals surface area contributed by atoms with Crippen LogP contribution in [0.15, 0.2) is 0 Å². The van der Waals surface area contributed by atoms with E-state index in [4.69, 9.17) is 9.84 Å². The Labute approximate surface area is 104 Å². The van der Waals surface area contributed by atoms with Gasteiger partial charge in [0.25, 0.3) is 0 Å². The van der Waals surface area contributed by atoms with Gasteiger partial charge >= 0.3 is 5.97 Å². The molecule has 2 atom stereocenters. The first-order valence-electron chi connectivity index (χ1n) is 6.65. The van der Waals surface area contributed by atoms with Gasteiger partial charge in [-0.2, -0.15) is 0 Å². The molecule has 0 amide bonds. The lowest BCUT2D eigenvalue weighted by Crippen LogP contribution is -2.36. The van der Waals surface area contributed by atoms with Crippen LogP contribution >= 0.6 is 0 Å². The van der Waals surface area contributed by atoms with Crippen molar-refractivity contribution < 1.29 is 19.7 Å². The first kappa shape index (κ1) is 16.4. The minimum atomic E-state index is -1.08. The Morgan fingerprint density at radius 1 is 1.12 bits per heavy atom. The molecule has 0 aromatic heterocycles. The second kappa shape index (κ2) is 10.5. The van der Waals surface area contributed by atoms with Gasteiger partial charge in [0, 0.05) is 6.61 Å². The van der Waals surface area contributed by atoms with E-state index in [1.807, 2.05) is 0 Å². The number of hydrogen-bond donors (Lipinski definition) is 2. The minimum Gasteiger partial charge on any atom is -0.479 e. The van der Waals surface area contributed by atoms with E-state index in [1.54, 1.807) is 6.92 Å². The SMILES string of the molecule is CCCCCCCCC(O)C(OCC)C(=O)O. The molecule has 0 aliphatic rings. The fourth-order valence-electron chi connectivity index (χ4n) is 1.81. The molecule has 0 bridgehead atoms. The van der Waals surface area contributed by atoms with Crippen LogP contribution in [0.2, 0.25) is 0 Å². The van der Waals surface area contributed by atoms with Gasteiger partial charge in [-0.15, -0.1) is 0 Å². The van der Waals surface area contributed by atoms with Crippen LogP contribution in [0.3, 0.4) is 0 Å². The topological polar surface area (TPSA) is 66.8 Å². The summed E-state index contributed by atoms with van der Waals surface area (Å²) >= 11 is 0. The molecule has 0 rings (SSSR count). The molecule has 2 unspecified atom stereocenters. The Morgan fingerprint density at radius 3 is 2.24 bits per heavy atom. The van der Waals surface area contributed by atoms with Crippen molar-refractivity contribution in [3.63, 3.8) is 0 Å². The third-order valence-electron chi connectivity index (χ3n) is 2.79. The molecule has 0 spiro atoms. The third-order valence-corrected chi connectivity index (χ3v) is 2.79. The highest BCUT2D eigenvalue weighted by Crippen LogP contribution is 2.12. The number of unbranched alkanes of at least 4 members (excludes halogenated alkanes) is 5. The van der Waals surface area contributed by atoms with Crippen molar-refractivity contribution in [2.24, 2.45) is 0 Å². The van der Waals surface area contributed by atoms with Gasteiger partial charge in [0.15, 0.2) is 6.10 Å². The number of carbonyl (C=O) groups is 1. The van der Waals surface area contributed by atoms with Gasteiger partial charge in [0.1, 0.15) is 0 Å². The number of hydrogen-bond acceptors (Lipinski definition) is 3. The highest BCUT2D eigenvalue weighted by molar-refractivity contribution is 5.73. The van der Waals surface area contributed by atoms with E-state index >= 15 is 0 Å². The molecule has 2 N–H and O–H groups in total. The smallest absolute Gasteiger partial charge is 0.335 e. The van der Waals surface area contributed by atoms with Crippen molar-refractivity contribution >= 4 is 5.97 Å². The molecule has 17 heavy (non-hydrogen) atoms. The number of aliphatic hydroxyl groups excluding tert-OH is 1. The van der Waals surface area contributed by atoms with Crippen LogP contribution < -0.4 is 0 Å². The van der Waals surface area contributed by atoms with Crippen LogP contribution in [0.4, 0.5) is 0 Å². The zero-order valence-electron chi connectivity index (χ0n) is 11.0. The number of aliphatic carboxylic acids is 1. The van der Waals surface area contributed by atoms with E-state index in [0.717, 1.165) is 19.3 Å². The molecule has 0 aliphatic heterocycles. The van der Waals surface area contributed by atoms with E-state index in [-0.39, 0.29) is 0 Å². The average molecular weight is 246 g/mol. The van der Waals surface area contributed by atoms with Crippen molar-refractivity contribution in [2.45, 2.75) is 71.0 Å². The van der Waals surface area contributed by atoms with Crippen molar-refractivity contribution in [2.75, 3.05) is 6.61 Å². The lowest BCUT2D eigenvalue weighted by Gasteiger charge is -2.18. The molecule has 0 heterocycles. The van der Waals surface area contributed by atoms with Crippen LogP contribution in [0, 0.1) is 0 Å². The van der Waals surface area contributed by atoms with Crippen LogP contribution in [-0.2, 0) is 9.53 Å². The molecular weight excluding hydrogens is 220 g/mol. The van der Waals surface area contributed by atoms with Gasteiger partial charge < -0.3 is 14.9 Å². The summed E-state index contributed by atoms with van der Waals surface area (Å²) in [5.41, 5.74) is 0. The lowest BCUT2D eigenvalue weighted by atomic mass is 10.0. The van der Waals surface area contributed by atoms with E-state index in [9.17, 15) is 9.90 Å². The lowest BCUT2D eigenvalue weighted by molar-refractivity contribution is -0.158. The number of ether oxygens (including phenoxy) is 1. The molecule has 0 aromatic rings. The van der Waals surface area contributed by atoms with Crippen molar-refractivity contribution in [3.05, 3.63) is 0 Å². The van der Waals surface area contributed by atoms with Gasteiger partial charge in [0.05, 0.1) is 6.10 Å². The van der Waals surface area contributed by atoms with Gasteiger partial charge in [-0.1, -0.05) is 45.4 Å². The monoisotopic (exact) mass is 246 g/mol. The van der Waals surface area contributed by atoms with Crippen LogP contribution in [-0.4, -0.2) is 35.0 Å². The zero-order chi connectivity index (χ0) is 13.1. The molecule has 4 heteroatoms. The standard InChI is InChI=1S/C13H26O4/c1-3-5-6-7-8-9-10-11(14)12(13(15)16)17-4-2/h11-12,14H,3-10H2,1-2H3,(H,15,16). The third kappa shape index (κ3) is 8.16. The van der Waals surface area contributed by atoms with E-state index < -0.39 is 18.2 Å². The maximum absolute atomic E-state index is 10.8. The number of carboxylic acid groups (broad SMARTS) is 1. The van der Waals surface area contributed by atoms with Crippen molar-refractivity contribution in [3.8, 4) is 0 Å². The predicted octanol–water partition coefficient (Wildman–Crippen LogP) is 2.59. The minimum absolute atomic E-state index is 0.310. The van der Waals surface area contributed by atoms with Crippen molar-refractivity contribution in [1.29, 1.82) is 0 Å². The average Bonchev–Trinajstić information content (AvgIpc) is 2.29. The maximum atomic E-state index is 10.8. The summed E-state index contributed by atoms with van der Waals surface area (Å²) in [7, 11) is 0. The zero-order valence-corrected chi connectivity index (χ0v) is 11.0. The Morgan fingerprint density at radius 2 is 1.71 bits per heavy atom. The van der Waals surface area contributed by atoms with E-state index in [1.165, 1.54) is 19.3 Å². The van der Waals surface area contributed by atoms with Gasteiger partial charge in [-0.05, 0) is 13.3 Å². The van der Waals surface area contributed by atoms with E-state index in [2.05, 4.69) is 6.92 Å². The Kier molecular flexibility index (Phi) is 10.2.